The van der Waals surface area contributed by atoms with Crippen LogP contribution in [0.5, 0.6) is 0 Å². The first-order valence-corrected chi connectivity index (χ1v) is 12.0. The normalized spacial score (nSPS) is 33.7. The summed E-state index contributed by atoms with van der Waals surface area (Å²) >= 11 is 0. The second kappa shape index (κ2) is 10.6. The zero-order chi connectivity index (χ0) is 18.6. The van der Waals surface area contributed by atoms with Gasteiger partial charge >= 0.3 is 0 Å². The van der Waals surface area contributed by atoms with E-state index in [4.69, 9.17) is 9.73 Å². The Morgan fingerprint density at radius 1 is 1.19 bits per heavy atom. The maximum Gasteiger partial charge on any atom is 0.194 e. The molecule has 3 aliphatic rings. The Hall–Kier alpha value is -0.0900. The van der Waals surface area contributed by atoms with E-state index in [1.165, 1.54) is 25.7 Å². The molecule has 0 aromatic heterocycles. The maximum absolute atomic E-state index is 11.7. The third-order valence-electron chi connectivity index (χ3n) is 6.24. The van der Waals surface area contributed by atoms with Crippen molar-refractivity contribution in [2.24, 2.45) is 22.7 Å². The molecule has 2 saturated heterocycles. The number of likely N-dealkylation sites (tertiary alicyclic amines) is 1. The summed E-state index contributed by atoms with van der Waals surface area (Å²) in [6, 6.07) is 0.483. The molecule has 0 amide bonds. The van der Waals surface area contributed by atoms with Crippen molar-refractivity contribution in [3.8, 4) is 0 Å². The number of hydrogen-bond acceptors (Lipinski definition) is 4. The number of nitrogens with one attached hydrogen (secondary N) is 1. The Labute approximate surface area is 181 Å². The second-order valence-corrected chi connectivity index (χ2v) is 10.7. The van der Waals surface area contributed by atoms with Crippen molar-refractivity contribution in [1.82, 2.24) is 10.2 Å². The Kier molecular flexibility index (Phi) is 9.12. The number of aliphatic imine (C=N–C) groups is 1. The van der Waals surface area contributed by atoms with E-state index in [0.29, 0.717) is 35.9 Å². The van der Waals surface area contributed by atoms with Crippen molar-refractivity contribution < 1.29 is 13.2 Å². The number of halogens is 1. The number of rotatable bonds is 5. The van der Waals surface area contributed by atoms with Gasteiger partial charge in [0.15, 0.2) is 15.8 Å². The molecule has 27 heavy (non-hydrogen) atoms. The molecule has 2 aliphatic heterocycles. The highest BCUT2D eigenvalue weighted by molar-refractivity contribution is 14.0. The third kappa shape index (κ3) is 6.73. The minimum atomic E-state index is -2.83. The van der Waals surface area contributed by atoms with Crippen LogP contribution in [0.4, 0.5) is 0 Å². The number of hydrogen-bond donors (Lipinski definition) is 1. The molecule has 4 atom stereocenters. The summed E-state index contributed by atoms with van der Waals surface area (Å²) in [7, 11) is -1.07. The molecule has 0 bridgehead atoms. The Balaban J connectivity index is 0.00000261. The van der Waals surface area contributed by atoms with Crippen LogP contribution in [0, 0.1) is 17.8 Å². The van der Waals surface area contributed by atoms with E-state index < -0.39 is 9.84 Å². The van der Waals surface area contributed by atoms with Gasteiger partial charge in [0.1, 0.15) is 0 Å². The molecule has 3 rings (SSSR count). The number of ether oxygens (including phenoxy) is 1. The Morgan fingerprint density at radius 2 is 1.96 bits per heavy atom. The summed E-state index contributed by atoms with van der Waals surface area (Å²) in [5.41, 5.74) is 0. The topological polar surface area (TPSA) is 71.0 Å². The summed E-state index contributed by atoms with van der Waals surface area (Å²) in [5, 5.41) is 3.74. The van der Waals surface area contributed by atoms with Gasteiger partial charge in [-0.1, -0.05) is 19.8 Å². The van der Waals surface area contributed by atoms with E-state index in [2.05, 4.69) is 17.1 Å². The molecule has 3 fully saturated rings. The zero-order valence-corrected chi connectivity index (χ0v) is 19.9. The van der Waals surface area contributed by atoms with Gasteiger partial charge in [-0.25, -0.2) is 8.42 Å². The highest BCUT2D eigenvalue weighted by Crippen LogP contribution is 2.25. The van der Waals surface area contributed by atoms with Crippen molar-refractivity contribution in [3.63, 3.8) is 0 Å². The zero-order valence-electron chi connectivity index (χ0n) is 16.7. The molecular weight excluding hydrogens is 477 g/mol. The SMILES string of the molecule is COCC1CCN(C(=NCC2CCS(=O)(=O)C2)NC2CCCCC2C)C1.I. The van der Waals surface area contributed by atoms with Gasteiger partial charge in [-0.2, -0.15) is 0 Å². The van der Waals surface area contributed by atoms with Gasteiger partial charge < -0.3 is 15.0 Å². The van der Waals surface area contributed by atoms with Gasteiger partial charge in [-0.05, 0) is 37.5 Å². The maximum atomic E-state index is 11.7. The van der Waals surface area contributed by atoms with Gasteiger partial charge in [-0.3, -0.25) is 4.99 Å². The van der Waals surface area contributed by atoms with E-state index in [0.717, 1.165) is 38.5 Å². The molecule has 0 aromatic carbocycles. The van der Waals surface area contributed by atoms with Gasteiger partial charge in [0.05, 0.1) is 18.1 Å². The van der Waals surface area contributed by atoms with E-state index >= 15 is 0 Å². The molecule has 1 N–H and O–H groups in total. The lowest BCUT2D eigenvalue weighted by Crippen LogP contribution is -2.48. The van der Waals surface area contributed by atoms with Gasteiger partial charge in [-0.15, -0.1) is 24.0 Å². The van der Waals surface area contributed by atoms with E-state index in [9.17, 15) is 8.42 Å². The molecule has 158 valence electrons. The number of methoxy groups -OCH3 is 1. The average Bonchev–Trinajstić information content (AvgIpc) is 3.20. The lowest BCUT2D eigenvalue weighted by molar-refractivity contribution is 0.157. The molecule has 0 spiro atoms. The minimum Gasteiger partial charge on any atom is -0.384 e. The van der Waals surface area contributed by atoms with Crippen LogP contribution < -0.4 is 5.32 Å². The lowest BCUT2D eigenvalue weighted by atomic mass is 9.86. The van der Waals surface area contributed by atoms with Crippen LogP contribution in [0.2, 0.25) is 0 Å². The molecule has 4 unspecified atom stereocenters. The van der Waals surface area contributed by atoms with E-state index in [-0.39, 0.29) is 29.9 Å². The first-order chi connectivity index (χ1) is 12.5. The molecular formula is C19H36IN3O3S. The molecule has 0 radical (unpaired) electrons. The van der Waals surface area contributed by atoms with Crippen LogP contribution in [0.25, 0.3) is 0 Å². The molecule has 8 heteroatoms. The summed E-state index contributed by atoms with van der Waals surface area (Å²) in [6.45, 7) is 5.72. The van der Waals surface area contributed by atoms with Crippen molar-refractivity contribution in [1.29, 1.82) is 0 Å². The average molecular weight is 513 g/mol. The van der Waals surface area contributed by atoms with Crippen LogP contribution in [-0.2, 0) is 14.6 Å². The fourth-order valence-corrected chi connectivity index (χ4v) is 6.41. The number of nitrogens with zero attached hydrogens (tertiary/aromatic N) is 2. The van der Waals surface area contributed by atoms with Crippen LogP contribution >= 0.6 is 24.0 Å². The van der Waals surface area contributed by atoms with E-state index in [1.54, 1.807) is 7.11 Å². The fourth-order valence-electron chi connectivity index (χ4n) is 4.56. The van der Waals surface area contributed by atoms with Crippen molar-refractivity contribution in [2.75, 3.05) is 44.9 Å². The van der Waals surface area contributed by atoms with E-state index in [1.807, 2.05) is 0 Å². The van der Waals surface area contributed by atoms with Crippen molar-refractivity contribution in [2.45, 2.75) is 51.5 Å². The van der Waals surface area contributed by atoms with Crippen LogP contribution in [-0.4, -0.2) is 70.2 Å². The van der Waals surface area contributed by atoms with Crippen molar-refractivity contribution in [3.05, 3.63) is 0 Å². The predicted octanol–water partition coefficient (Wildman–Crippen LogP) is 2.53. The number of sulfone groups is 1. The Bertz CT molecular complexity index is 599. The van der Waals surface area contributed by atoms with Crippen LogP contribution in [0.3, 0.4) is 0 Å². The minimum absolute atomic E-state index is 0. The second-order valence-electron chi connectivity index (χ2n) is 8.50. The Morgan fingerprint density at radius 3 is 2.63 bits per heavy atom. The first-order valence-electron chi connectivity index (χ1n) is 10.2. The first kappa shape index (κ1) is 23.2. The molecule has 0 aromatic rings. The summed E-state index contributed by atoms with van der Waals surface area (Å²) in [6.07, 6.45) is 6.97. The quantitative estimate of drug-likeness (QED) is 0.348. The predicted molar refractivity (Wildman–Crippen MR) is 121 cm³/mol. The molecule has 1 aliphatic carbocycles. The van der Waals surface area contributed by atoms with Gasteiger partial charge in [0.25, 0.3) is 0 Å². The molecule has 1 saturated carbocycles. The van der Waals surface area contributed by atoms with Gasteiger partial charge in [0.2, 0.25) is 0 Å². The molecule has 2 heterocycles. The van der Waals surface area contributed by atoms with Crippen LogP contribution in [0.15, 0.2) is 4.99 Å². The monoisotopic (exact) mass is 513 g/mol. The largest absolute Gasteiger partial charge is 0.384 e. The summed E-state index contributed by atoms with van der Waals surface area (Å²) in [4.78, 5) is 7.26. The summed E-state index contributed by atoms with van der Waals surface area (Å²) in [5.74, 6) is 3.02. The van der Waals surface area contributed by atoms with Gasteiger partial charge in [0, 0.05) is 38.7 Å². The summed E-state index contributed by atoms with van der Waals surface area (Å²) < 4.78 is 28.8. The number of guanidine groups is 1. The highest BCUT2D eigenvalue weighted by atomic mass is 127. The lowest BCUT2D eigenvalue weighted by Gasteiger charge is -2.33. The van der Waals surface area contributed by atoms with Crippen LogP contribution in [0.1, 0.15) is 45.4 Å². The highest BCUT2D eigenvalue weighted by Gasteiger charge is 2.30. The molecule has 6 nitrogen and oxygen atoms in total. The standard InChI is InChI=1S/C19H35N3O3S.HI/c1-15-5-3-4-6-18(15)21-19(22-9-7-17(12-22)13-25-2)20-11-16-8-10-26(23,24)14-16;/h15-18H,3-14H2,1-2H3,(H,20,21);1H. The fraction of sp³-hybridized carbons (Fsp3) is 0.947. The smallest absolute Gasteiger partial charge is 0.194 e. The van der Waals surface area contributed by atoms with Crippen molar-refractivity contribution >= 4 is 39.8 Å². The third-order valence-corrected chi connectivity index (χ3v) is 8.08.